The number of ether oxygens (including phenoxy) is 1. The van der Waals surface area contributed by atoms with E-state index < -0.39 is 30.0 Å². The van der Waals surface area contributed by atoms with E-state index >= 15 is 0 Å². The molecule has 0 bridgehead atoms. The Balaban J connectivity index is 1.83. The summed E-state index contributed by atoms with van der Waals surface area (Å²) in [5.74, 6) is -1.57. The van der Waals surface area contributed by atoms with E-state index in [-0.39, 0.29) is 6.42 Å². The van der Waals surface area contributed by atoms with Crippen molar-refractivity contribution in [2.24, 2.45) is 0 Å². The minimum atomic E-state index is -1.20. The van der Waals surface area contributed by atoms with E-state index in [0.29, 0.717) is 5.56 Å². The zero-order valence-corrected chi connectivity index (χ0v) is 16.3. The molecular weight excluding hydrogens is 385 g/mol. The number of carbonyl (C=O) groups is 2. The average Bonchev–Trinajstić information content (AvgIpc) is 3.09. The van der Waals surface area contributed by atoms with Crippen LogP contribution in [0.1, 0.15) is 22.7 Å². The predicted octanol–water partition coefficient (Wildman–Crippen LogP) is 4.66. The number of carbonyl (C=O) groups excluding carboxylic acids is 1. The van der Waals surface area contributed by atoms with Crippen LogP contribution >= 0.6 is 0 Å². The van der Waals surface area contributed by atoms with Crippen LogP contribution in [0.2, 0.25) is 0 Å². The van der Waals surface area contributed by atoms with Gasteiger partial charge in [0, 0.05) is 6.42 Å². The van der Waals surface area contributed by atoms with Crippen LogP contribution in [-0.4, -0.2) is 35.2 Å². The number of methoxy groups -OCH3 is 1. The maximum Gasteiger partial charge on any atom is 0.411 e. The zero-order chi connectivity index (χ0) is 21.3. The molecule has 1 atom stereocenters. The van der Waals surface area contributed by atoms with Gasteiger partial charge in [0.2, 0.25) is 0 Å². The highest BCUT2D eigenvalue weighted by molar-refractivity contribution is 5.85. The topological polar surface area (TPSA) is 66.8 Å². The molecule has 0 aliphatic heterocycles. The van der Waals surface area contributed by atoms with Gasteiger partial charge in [0.05, 0.1) is 13.2 Å². The molecule has 0 aromatic heterocycles. The number of rotatable bonds is 5. The third kappa shape index (κ3) is 3.41. The van der Waals surface area contributed by atoms with E-state index in [9.17, 15) is 19.1 Å². The second-order valence-corrected chi connectivity index (χ2v) is 7.14. The van der Waals surface area contributed by atoms with Crippen LogP contribution in [0.3, 0.4) is 0 Å². The maximum absolute atomic E-state index is 13.3. The Labute approximate surface area is 173 Å². The quantitative estimate of drug-likeness (QED) is 0.671. The van der Waals surface area contributed by atoms with Crippen LogP contribution in [0.4, 0.5) is 9.18 Å². The van der Waals surface area contributed by atoms with Gasteiger partial charge < -0.3 is 9.84 Å². The Morgan fingerprint density at radius 1 is 0.967 bits per heavy atom. The van der Waals surface area contributed by atoms with Gasteiger partial charge in [-0.25, -0.2) is 14.0 Å². The summed E-state index contributed by atoms with van der Waals surface area (Å²) in [6.45, 7) is 0. The summed E-state index contributed by atoms with van der Waals surface area (Å²) in [4.78, 5) is 26.5. The van der Waals surface area contributed by atoms with Crippen molar-refractivity contribution in [1.82, 2.24) is 4.90 Å². The third-order valence-electron chi connectivity index (χ3n) is 5.43. The molecule has 3 aromatic carbocycles. The van der Waals surface area contributed by atoms with Crippen molar-refractivity contribution in [2.45, 2.75) is 18.5 Å². The molecule has 0 spiro atoms. The van der Waals surface area contributed by atoms with Crippen LogP contribution in [0.15, 0.2) is 72.8 Å². The standard InChI is InChI=1S/C24H20FNO4/c1-30-24(29)26(21(23(27)28)14-15-10-12-16(25)13-11-15)22-19-8-4-2-6-17(19)18-7-3-5-9-20(18)22/h2-13,21-22H,14H2,1H3,(H,27,28)/t21-/m0/s1. The van der Waals surface area contributed by atoms with E-state index in [0.717, 1.165) is 22.3 Å². The lowest BCUT2D eigenvalue weighted by Crippen LogP contribution is -2.48. The molecule has 0 heterocycles. The summed E-state index contributed by atoms with van der Waals surface area (Å²) in [6, 6.07) is 19.0. The summed E-state index contributed by atoms with van der Waals surface area (Å²) >= 11 is 0. The monoisotopic (exact) mass is 405 g/mol. The molecular formula is C24H20FNO4. The lowest BCUT2D eigenvalue weighted by atomic mass is 9.98. The molecule has 6 heteroatoms. The third-order valence-corrected chi connectivity index (χ3v) is 5.43. The number of amides is 1. The van der Waals surface area contributed by atoms with E-state index in [1.54, 1.807) is 0 Å². The fraction of sp³-hybridized carbons (Fsp3) is 0.167. The number of carboxylic acid groups (broad SMARTS) is 1. The molecule has 0 fully saturated rings. The fourth-order valence-corrected chi connectivity index (χ4v) is 4.10. The Kier molecular flexibility index (Phi) is 5.23. The van der Waals surface area contributed by atoms with Gasteiger partial charge in [-0.1, -0.05) is 60.7 Å². The highest BCUT2D eigenvalue weighted by atomic mass is 19.1. The van der Waals surface area contributed by atoms with Crippen LogP contribution in [0, 0.1) is 5.82 Å². The number of nitrogens with zero attached hydrogens (tertiary/aromatic N) is 1. The number of benzene rings is 3. The maximum atomic E-state index is 13.3. The van der Waals surface area contributed by atoms with Crippen molar-refractivity contribution >= 4 is 12.1 Å². The first kappa shape index (κ1) is 19.6. The molecule has 30 heavy (non-hydrogen) atoms. The fourth-order valence-electron chi connectivity index (χ4n) is 4.10. The van der Waals surface area contributed by atoms with Gasteiger partial charge >= 0.3 is 12.1 Å². The lowest BCUT2D eigenvalue weighted by molar-refractivity contribution is -0.143. The Morgan fingerprint density at radius 2 is 1.50 bits per heavy atom. The summed E-state index contributed by atoms with van der Waals surface area (Å²) in [6.07, 6.45) is -0.716. The number of carboxylic acids is 1. The van der Waals surface area contributed by atoms with Gasteiger partial charge in [0.1, 0.15) is 11.9 Å². The molecule has 1 N–H and O–H groups in total. The molecule has 1 aliphatic rings. The van der Waals surface area contributed by atoms with Gasteiger partial charge in [0.15, 0.2) is 0 Å². The zero-order valence-electron chi connectivity index (χ0n) is 16.3. The summed E-state index contributed by atoms with van der Waals surface area (Å²) in [7, 11) is 1.24. The largest absolute Gasteiger partial charge is 0.480 e. The normalized spacial score (nSPS) is 13.3. The second-order valence-electron chi connectivity index (χ2n) is 7.14. The minimum Gasteiger partial charge on any atom is -0.480 e. The Bertz CT molecular complexity index is 1050. The molecule has 4 rings (SSSR count). The van der Waals surface area contributed by atoms with Crippen LogP contribution < -0.4 is 0 Å². The van der Waals surface area contributed by atoms with Crippen molar-refractivity contribution < 1.29 is 23.8 Å². The molecule has 5 nitrogen and oxygen atoms in total. The van der Waals surface area contributed by atoms with Crippen molar-refractivity contribution in [3.8, 4) is 11.1 Å². The number of aliphatic carboxylic acids is 1. The smallest absolute Gasteiger partial charge is 0.411 e. The number of halogens is 1. The molecule has 0 saturated carbocycles. The van der Waals surface area contributed by atoms with Gasteiger partial charge in [-0.2, -0.15) is 0 Å². The number of hydrogen-bond donors (Lipinski definition) is 1. The van der Waals surface area contributed by atoms with E-state index in [4.69, 9.17) is 4.74 Å². The highest BCUT2D eigenvalue weighted by Crippen LogP contribution is 2.47. The van der Waals surface area contributed by atoms with Gasteiger partial charge in [-0.05, 0) is 39.9 Å². The van der Waals surface area contributed by atoms with Crippen molar-refractivity contribution in [2.75, 3.05) is 7.11 Å². The Hall–Kier alpha value is -3.67. The molecule has 0 radical (unpaired) electrons. The van der Waals surface area contributed by atoms with Crippen molar-refractivity contribution in [3.63, 3.8) is 0 Å². The Morgan fingerprint density at radius 3 is 2.00 bits per heavy atom. The number of fused-ring (bicyclic) bond motifs is 3. The van der Waals surface area contributed by atoms with Crippen LogP contribution in [0.25, 0.3) is 11.1 Å². The molecule has 1 aliphatic carbocycles. The summed E-state index contributed by atoms with van der Waals surface area (Å²) < 4.78 is 18.3. The number of hydrogen-bond acceptors (Lipinski definition) is 3. The molecule has 152 valence electrons. The summed E-state index contributed by atoms with van der Waals surface area (Å²) in [5.41, 5.74) is 4.21. The second kappa shape index (κ2) is 7.99. The molecule has 0 saturated heterocycles. The highest BCUT2D eigenvalue weighted by Gasteiger charge is 2.42. The van der Waals surface area contributed by atoms with Crippen LogP contribution in [-0.2, 0) is 16.0 Å². The predicted molar refractivity (Wildman–Crippen MR) is 109 cm³/mol. The first-order valence-corrected chi connectivity index (χ1v) is 9.53. The average molecular weight is 405 g/mol. The van der Waals surface area contributed by atoms with Crippen molar-refractivity contribution in [1.29, 1.82) is 0 Å². The van der Waals surface area contributed by atoms with E-state index in [1.807, 2.05) is 48.5 Å². The lowest BCUT2D eigenvalue weighted by Gasteiger charge is -2.34. The molecule has 3 aromatic rings. The molecule has 1 amide bonds. The van der Waals surface area contributed by atoms with Gasteiger partial charge in [0.25, 0.3) is 0 Å². The first-order chi connectivity index (χ1) is 14.5. The van der Waals surface area contributed by atoms with Gasteiger partial charge in [-0.15, -0.1) is 0 Å². The van der Waals surface area contributed by atoms with Crippen LogP contribution in [0.5, 0.6) is 0 Å². The SMILES string of the molecule is COC(=O)N(C1c2ccccc2-c2ccccc21)[C@@H](Cc1ccc(F)cc1)C(=O)O. The van der Waals surface area contributed by atoms with E-state index in [1.165, 1.54) is 36.3 Å². The van der Waals surface area contributed by atoms with Crippen molar-refractivity contribution in [3.05, 3.63) is 95.3 Å². The molecule has 0 unspecified atom stereocenters. The van der Waals surface area contributed by atoms with E-state index in [2.05, 4.69) is 0 Å². The first-order valence-electron chi connectivity index (χ1n) is 9.53. The summed E-state index contributed by atoms with van der Waals surface area (Å²) in [5, 5.41) is 10.0. The van der Waals surface area contributed by atoms with Gasteiger partial charge in [-0.3, -0.25) is 4.90 Å². The minimum absolute atomic E-state index is 0.0194.